The van der Waals surface area contributed by atoms with E-state index in [2.05, 4.69) is 32.1 Å². The molecule has 0 unspecified atom stereocenters. The van der Waals surface area contributed by atoms with E-state index in [0.717, 1.165) is 0 Å². The first-order chi connectivity index (χ1) is 18.0. The van der Waals surface area contributed by atoms with Gasteiger partial charge in [0.25, 0.3) is 5.56 Å². The Kier molecular flexibility index (Phi) is 7.62. The van der Waals surface area contributed by atoms with Gasteiger partial charge in [0.1, 0.15) is 12.4 Å². The van der Waals surface area contributed by atoms with Crippen LogP contribution in [-0.2, 0) is 12.0 Å². The van der Waals surface area contributed by atoms with Gasteiger partial charge in [-0.25, -0.2) is 4.98 Å². The first-order valence-electron chi connectivity index (χ1n) is 11.4. The Morgan fingerprint density at radius 1 is 1.24 bits per heavy atom. The zero-order valence-electron chi connectivity index (χ0n) is 20.6. The zero-order valence-corrected chi connectivity index (χ0v) is 22.9. The zero-order chi connectivity index (χ0) is 27.6. The molecule has 0 aliphatic rings. The topological polar surface area (TPSA) is 123 Å². The minimum Gasteiger partial charge on any atom is -0.481 e. The number of ether oxygens (including phenoxy) is 1. The lowest BCUT2D eigenvalue weighted by Gasteiger charge is -2.21. The average Bonchev–Trinajstić information content (AvgIpc) is 2.86. The molecule has 1 heterocycles. The van der Waals surface area contributed by atoms with Crippen LogP contribution in [0.4, 0.5) is 5.69 Å². The fraction of sp³-hybridized carbons (Fsp3) is 0.185. The highest BCUT2D eigenvalue weighted by Crippen LogP contribution is 2.34. The number of benzene rings is 3. The Morgan fingerprint density at radius 2 is 1.97 bits per heavy atom. The van der Waals surface area contributed by atoms with Gasteiger partial charge in [0.2, 0.25) is 5.75 Å². The van der Waals surface area contributed by atoms with Crippen molar-refractivity contribution in [1.82, 2.24) is 9.66 Å². The van der Waals surface area contributed by atoms with Crippen molar-refractivity contribution in [2.45, 2.75) is 32.8 Å². The number of nitrogens with zero attached hydrogens (tertiary/aromatic N) is 5. The number of nitro benzene ring substituents is 1. The van der Waals surface area contributed by atoms with E-state index in [1.54, 1.807) is 42.5 Å². The third kappa shape index (κ3) is 5.59. The number of hydrogen-bond acceptors (Lipinski definition) is 7. The third-order valence-corrected chi connectivity index (χ3v) is 6.27. The lowest BCUT2D eigenvalue weighted by Crippen LogP contribution is -2.29. The summed E-state index contributed by atoms with van der Waals surface area (Å²) in [4.78, 5) is 29.4. The van der Waals surface area contributed by atoms with Crippen LogP contribution in [0.1, 0.15) is 43.3 Å². The molecule has 0 amide bonds. The number of halogens is 2. The molecule has 0 radical (unpaired) electrons. The third-order valence-electron chi connectivity index (χ3n) is 5.56. The quantitative estimate of drug-likeness (QED) is 0.146. The van der Waals surface area contributed by atoms with Crippen LogP contribution in [0.25, 0.3) is 10.9 Å². The van der Waals surface area contributed by atoms with E-state index in [1.807, 2.05) is 20.8 Å². The van der Waals surface area contributed by atoms with Crippen molar-refractivity contribution in [3.05, 3.63) is 107 Å². The van der Waals surface area contributed by atoms with E-state index >= 15 is 0 Å². The van der Waals surface area contributed by atoms with E-state index in [1.165, 1.54) is 23.0 Å². The second-order valence-corrected chi connectivity index (χ2v) is 10.7. The molecule has 3 aromatic carbocycles. The lowest BCUT2D eigenvalue weighted by molar-refractivity contribution is -0.385. The van der Waals surface area contributed by atoms with Crippen LogP contribution in [0.3, 0.4) is 0 Å². The molecule has 1 aromatic heterocycles. The van der Waals surface area contributed by atoms with Crippen molar-refractivity contribution in [2.75, 3.05) is 0 Å². The predicted octanol–water partition coefficient (Wildman–Crippen LogP) is 6.35. The number of nitro groups is 1. The molecule has 192 valence electrons. The predicted molar refractivity (Wildman–Crippen MR) is 149 cm³/mol. The number of rotatable bonds is 6. The van der Waals surface area contributed by atoms with Gasteiger partial charge in [-0.2, -0.15) is 15.0 Å². The van der Waals surface area contributed by atoms with Crippen LogP contribution >= 0.6 is 27.5 Å². The Labute approximate surface area is 231 Å². The van der Waals surface area contributed by atoms with Crippen LogP contribution in [0.2, 0.25) is 5.02 Å². The Morgan fingerprint density at radius 3 is 2.66 bits per heavy atom. The molecule has 0 aliphatic heterocycles. The summed E-state index contributed by atoms with van der Waals surface area (Å²) in [5, 5.41) is 26.1. The molecule has 11 heteroatoms. The summed E-state index contributed by atoms with van der Waals surface area (Å²) in [7, 11) is 0. The summed E-state index contributed by atoms with van der Waals surface area (Å²) in [6, 6.07) is 16.7. The van der Waals surface area contributed by atoms with E-state index in [9.17, 15) is 20.2 Å². The van der Waals surface area contributed by atoms with E-state index < -0.39 is 15.9 Å². The molecule has 0 spiro atoms. The van der Waals surface area contributed by atoms with Gasteiger partial charge in [-0.1, -0.05) is 66.5 Å². The molecule has 4 rings (SSSR count). The number of nitriles is 1. The highest BCUT2D eigenvalue weighted by atomic mass is 79.9. The molecule has 0 atom stereocenters. The smallest absolute Gasteiger partial charge is 0.313 e. The summed E-state index contributed by atoms with van der Waals surface area (Å²) in [6.45, 7) is 5.59. The maximum absolute atomic E-state index is 13.5. The van der Waals surface area contributed by atoms with E-state index in [-0.39, 0.29) is 28.6 Å². The van der Waals surface area contributed by atoms with Crippen LogP contribution in [0, 0.1) is 21.4 Å². The summed E-state index contributed by atoms with van der Waals surface area (Å²) >= 11 is 9.57. The average molecular weight is 595 g/mol. The van der Waals surface area contributed by atoms with Crippen LogP contribution in [-0.4, -0.2) is 20.8 Å². The summed E-state index contributed by atoms with van der Waals surface area (Å²) in [5.41, 5.74) is 0.301. The Hall–Kier alpha value is -4.07. The Balaban J connectivity index is 1.87. The van der Waals surface area contributed by atoms with Gasteiger partial charge in [-0.15, -0.1) is 0 Å². The Bertz CT molecular complexity index is 1700. The molecule has 0 saturated carbocycles. The number of hydrogen-bond donors (Lipinski definition) is 0. The van der Waals surface area contributed by atoms with Gasteiger partial charge in [-0.3, -0.25) is 14.9 Å². The molecule has 38 heavy (non-hydrogen) atoms. The van der Waals surface area contributed by atoms with Gasteiger partial charge >= 0.3 is 5.69 Å². The minimum atomic E-state index is -0.614. The molecule has 0 bridgehead atoms. The summed E-state index contributed by atoms with van der Waals surface area (Å²) in [6.07, 6.45) is 1.28. The molecular weight excluding hydrogens is 574 g/mol. The van der Waals surface area contributed by atoms with Gasteiger partial charge in [0.05, 0.1) is 33.7 Å². The van der Waals surface area contributed by atoms with Crippen LogP contribution < -0.4 is 10.3 Å². The first-order valence-corrected chi connectivity index (χ1v) is 12.5. The van der Waals surface area contributed by atoms with Crippen molar-refractivity contribution in [2.24, 2.45) is 5.10 Å². The lowest BCUT2D eigenvalue weighted by atomic mass is 9.95. The van der Waals surface area contributed by atoms with E-state index in [0.29, 0.717) is 32.3 Å². The minimum absolute atomic E-state index is 0.0897. The molecule has 0 aliphatic carbocycles. The van der Waals surface area contributed by atoms with Crippen molar-refractivity contribution in [3.63, 3.8) is 0 Å². The molecule has 4 aromatic rings. The van der Waals surface area contributed by atoms with Crippen molar-refractivity contribution < 1.29 is 9.66 Å². The highest BCUT2D eigenvalue weighted by molar-refractivity contribution is 9.10. The molecule has 9 nitrogen and oxygen atoms in total. The van der Waals surface area contributed by atoms with Crippen molar-refractivity contribution in [1.29, 1.82) is 5.26 Å². The maximum atomic E-state index is 13.5. The van der Waals surface area contributed by atoms with E-state index in [4.69, 9.17) is 16.3 Å². The highest BCUT2D eigenvalue weighted by Gasteiger charge is 2.24. The van der Waals surface area contributed by atoms with Crippen molar-refractivity contribution in [3.8, 4) is 11.8 Å². The first kappa shape index (κ1) is 27.0. The van der Waals surface area contributed by atoms with Gasteiger partial charge in [0, 0.05) is 32.1 Å². The fourth-order valence-electron chi connectivity index (χ4n) is 3.76. The van der Waals surface area contributed by atoms with Crippen molar-refractivity contribution >= 4 is 50.3 Å². The van der Waals surface area contributed by atoms with Crippen LogP contribution in [0.15, 0.2) is 69.0 Å². The second kappa shape index (κ2) is 10.7. The maximum Gasteiger partial charge on any atom is 0.313 e. The normalized spacial score (nSPS) is 11.6. The SMILES string of the molecule is CC(C)(C)c1nc2ccc(Br)cc2c(=O)n1N=Cc1cc(Cl)cc([N+](=O)[O-])c1OCc1ccccc1C#N. The van der Waals surface area contributed by atoms with Gasteiger partial charge in [0.15, 0.2) is 0 Å². The largest absolute Gasteiger partial charge is 0.481 e. The molecule has 0 saturated heterocycles. The summed E-state index contributed by atoms with van der Waals surface area (Å²) < 4.78 is 7.75. The van der Waals surface area contributed by atoms with Gasteiger partial charge in [-0.05, 0) is 30.3 Å². The molecule has 0 N–H and O–H groups in total. The second-order valence-electron chi connectivity index (χ2n) is 9.37. The monoisotopic (exact) mass is 593 g/mol. The molecular formula is C27H21BrClN5O4. The number of aromatic nitrogens is 2. The number of fused-ring (bicyclic) bond motifs is 1. The summed E-state index contributed by atoms with van der Waals surface area (Å²) in [5.74, 6) is 0.299. The van der Waals surface area contributed by atoms with Crippen LogP contribution in [0.5, 0.6) is 5.75 Å². The van der Waals surface area contributed by atoms with Gasteiger partial charge < -0.3 is 4.74 Å². The standard InChI is InChI=1S/C27H21BrClN5O4/c1-27(2,3)26-32-22-9-8-19(28)11-21(22)25(35)33(26)31-14-18-10-20(29)12-23(34(36)37)24(18)38-15-17-7-5-4-6-16(17)13-30/h4-12,14H,15H2,1-3H3. The fourth-order valence-corrected chi connectivity index (χ4v) is 4.34. The molecule has 0 fully saturated rings.